The molecule has 8 heteroatoms. The Kier molecular flexibility index (Phi) is 6.60. The van der Waals surface area contributed by atoms with E-state index in [1.54, 1.807) is 19.1 Å². The number of benzene rings is 2. The second-order valence-corrected chi connectivity index (χ2v) is 6.45. The largest absolute Gasteiger partial charge is 0.343 e. The number of aryl methyl sites for hydroxylation is 2. The smallest absolute Gasteiger partial charge is 0.269 e. The highest BCUT2D eigenvalue weighted by molar-refractivity contribution is 6.42. The van der Waals surface area contributed by atoms with Gasteiger partial charge in [0.25, 0.3) is 17.7 Å². The number of hydrogen-bond donors (Lipinski definition) is 3. The number of halogens is 2. The van der Waals surface area contributed by atoms with Crippen LogP contribution in [0.2, 0.25) is 10.0 Å². The van der Waals surface area contributed by atoms with Gasteiger partial charge in [-0.25, -0.2) is 0 Å². The van der Waals surface area contributed by atoms with Gasteiger partial charge in [0.2, 0.25) is 0 Å². The van der Waals surface area contributed by atoms with Crippen LogP contribution in [0.5, 0.6) is 0 Å². The molecule has 0 saturated carbocycles. The molecule has 3 N–H and O–H groups in total. The number of carbonyl (C=O) groups is 3. The van der Waals surface area contributed by atoms with Gasteiger partial charge < -0.3 is 5.32 Å². The van der Waals surface area contributed by atoms with Crippen molar-refractivity contribution in [1.82, 2.24) is 16.2 Å². The third-order valence-corrected chi connectivity index (χ3v) is 4.27. The maximum Gasteiger partial charge on any atom is 0.269 e. The average molecular weight is 394 g/mol. The van der Waals surface area contributed by atoms with Gasteiger partial charge >= 0.3 is 0 Å². The summed E-state index contributed by atoms with van der Waals surface area (Å²) in [7, 11) is 0. The first-order valence-corrected chi connectivity index (χ1v) is 8.43. The molecule has 26 heavy (non-hydrogen) atoms. The van der Waals surface area contributed by atoms with Crippen molar-refractivity contribution < 1.29 is 14.4 Å². The van der Waals surface area contributed by atoms with E-state index in [0.29, 0.717) is 10.6 Å². The highest BCUT2D eigenvalue weighted by Gasteiger charge is 2.12. The van der Waals surface area contributed by atoms with Crippen LogP contribution in [0.1, 0.15) is 31.8 Å². The third kappa shape index (κ3) is 5.21. The molecule has 0 heterocycles. The first-order chi connectivity index (χ1) is 12.3. The lowest BCUT2D eigenvalue weighted by Gasteiger charge is -2.10. The zero-order valence-electron chi connectivity index (χ0n) is 14.2. The van der Waals surface area contributed by atoms with Crippen molar-refractivity contribution >= 4 is 40.9 Å². The summed E-state index contributed by atoms with van der Waals surface area (Å²) >= 11 is 11.6. The van der Waals surface area contributed by atoms with Crippen LogP contribution >= 0.6 is 23.2 Å². The summed E-state index contributed by atoms with van der Waals surface area (Å²) in [5, 5.41) is 2.99. The maximum absolute atomic E-state index is 12.1. The van der Waals surface area contributed by atoms with Gasteiger partial charge in [0.15, 0.2) is 0 Å². The molecule has 3 amide bonds. The summed E-state index contributed by atoms with van der Waals surface area (Å²) in [4.78, 5) is 35.8. The molecule has 0 bridgehead atoms. The second-order valence-electron chi connectivity index (χ2n) is 5.63. The molecule has 0 spiro atoms. The van der Waals surface area contributed by atoms with Crippen molar-refractivity contribution in [3.8, 4) is 0 Å². The van der Waals surface area contributed by atoms with Crippen LogP contribution in [0.4, 0.5) is 0 Å². The highest BCUT2D eigenvalue weighted by atomic mass is 35.5. The minimum absolute atomic E-state index is 0.240. The van der Waals surface area contributed by atoms with Crippen LogP contribution in [-0.4, -0.2) is 24.3 Å². The van der Waals surface area contributed by atoms with Crippen molar-refractivity contribution in [2.24, 2.45) is 0 Å². The minimum Gasteiger partial charge on any atom is -0.343 e. The van der Waals surface area contributed by atoms with E-state index in [-0.39, 0.29) is 17.1 Å². The summed E-state index contributed by atoms with van der Waals surface area (Å²) in [6, 6.07) is 9.74. The predicted octanol–water partition coefficient (Wildman–Crippen LogP) is 2.80. The number of nitrogens with one attached hydrogen (secondary N) is 3. The van der Waals surface area contributed by atoms with E-state index in [0.717, 1.165) is 11.1 Å². The SMILES string of the molecule is Cc1ccc(C(=O)NNC(=O)CNC(=O)c2ccc(Cl)c(Cl)c2)c(C)c1. The van der Waals surface area contributed by atoms with Crippen LogP contribution in [0.3, 0.4) is 0 Å². The van der Waals surface area contributed by atoms with Gasteiger partial charge in [-0.2, -0.15) is 0 Å². The van der Waals surface area contributed by atoms with Gasteiger partial charge in [0.1, 0.15) is 0 Å². The molecule has 0 aromatic heterocycles. The normalized spacial score (nSPS) is 10.2. The van der Waals surface area contributed by atoms with Crippen molar-refractivity contribution in [3.63, 3.8) is 0 Å². The zero-order chi connectivity index (χ0) is 19.3. The minimum atomic E-state index is -0.573. The Balaban J connectivity index is 1.84. The van der Waals surface area contributed by atoms with E-state index in [1.165, 1.54) is 18.2 Å². The highest BCUT2D eigenvalue weighted by Crippen LogP contribution is 2.22. The van der Waals surface area contributed by atoms with Gasteiger partial charge in [-0.15, -0.1) is 0 Å². The van der Waals surface area contributed by atoms with Crippen LogP contribution in [0.25, 0.3) is 0 Å². The van der Waals surface area contributed by atoms with E-state index < -0.39 is 17.7 Å². The van der Waals surface area contributed by atoms with E-state index >= 15 is 0 Å². The molecule has 6 nitrogen and oxygen atoms in total. The summed E-state index contributed by atoms with van der Waals surface area (Å²) in [6.45, 7) is 3.42. The van der Waals surface area contributed by atoms with E-state index in [4.69, 9.17) is 23.2 Å². The van der Waals surface area contributed by atoms with Crippen LogP contribution in [-0.2, 0) is 4.79 Å². The number of amides is 3. The number of rotatable bonds is 4. The summed E-state index contributed by atoms with van der Waals surface area (Å²) < 4.78 is 0. The first-order valence-electron chi connectivity index (χ1n) is 7.67. The Morgan fingerprint density at radius 3 is 2.27 bits per heavy atom. The van der Waals surface area contributed by atoms with Crippen molar-refractivity contribution in [1.29, 1.82) is 0 Å². The van der Waals surface area contributed by atoms with Crippen molar-refractivity contribution in [2.45, 2.75) is 13.8 Å². The third-order valence-electron chi connectivity index (χ3n) is 3.53. The number of hydrazine groups is 1. The molecule has 0 aliphatic carbocycles. The van der Waals surface area contributed by atoms with Crippen LogP contribution in [0, 0.1) is 13.8 Å². The fourth-order valence-corrected chi connectivity index (χ4v) is 2.50. The maximum atomic E-state index is 12.1. The molecular formula is C18H17Cl2N3O3. The fourth-order valence-electron chi connectivity index (χ4n) is 2.21. The molecule has 2 rings (SSSR count). The molecule has 0 fully saturated rings. The molecule has 0 aliphatic heterocycles. The molecule has 0 atom stereocenters. The van der Waals surface area contributed by atoms with Gasteiger partial charge in [0, 0.05) is 11.1 Å². The lowest BCUT2D eigenvalue weighted by molar-refractivity contribution is -0.120. The topological polar surface area (TPSA) is 87.3 Å². The standard InChI is InChI=1S/C18H17Cl2N3O3/c1-10-3-5-13(11(2)7-10)18(26)23-22-16(24)9-21-17(25)12-4-6-14(19)15(20)8-12/h3-8H,9H2,1-2H3,(H,21,25)(H,22,24)(H,23,26). The summed E-state index contributed by atoms with van der Waals surface area (Å²) in [6.07, 6.45) is 0. The van der Waals surface area contributed by atoms with Crippen LogP contribution in [0.15, 0.2) is 36.4 Å². The zero-order valence-corrected chi connectivity index (χ0v) is 15.7. The Labute approximate surface area is 160 Å². The predicted molar refractivity (Wildman–Crippen MR) is 100 cm³/mol. The fraction of sp³-hybridized carbons (Fsp3) is 0.167. The Hall–Kier alpha value is -2.57. The Morgan fingerprint density at radius 2 is 1.62 bits per heavy atom. The molecular weight excluding hydrogens is 377 g/mol. The molecule has 0 saturated heterocycles. The molecule has 2 aromatic rings. The van der Waals surface area contributed by atoms with Crippen molar-refractivity contribution in [3.05, 3.63) is 68.7 Å². The lowest BCUT2D eigenvalue weighted by Crippen LogP contribution is -2.46. The molecule has 0 aliphatic rings. The van der Waals surface area contributed by atoms with E-state index in [2.05, 4.69) is 16.2 Å². The van der Waals surface area contributed by atoms with E-state index in [9.17, 15) is 14.4 Å². The van der Waals surface area contributed by atoms with Gasteiger partial charge in [-0.3, -0.25) is 25.2 Å². The van der Waals surface area contributed by atoms with Crippen LogP contribution < -0.4 is 16.2 Å². The quantitative estimate of drug-likeness (QED) is 0.697. The molecule has 2 aromatic carbocycles. The van der Waals surface area contributed by atoms with Gasteiger partial charge in [-0.1, -0.05) is 40.9 Å². The molecule has 0 radical (unpaired) electrons. The van der Waals surface area contributed by atoms with Gasteiger partial charge in [0.05, 0.1) is 16.6 Å². The molecule has 0 unspecified atom stereocenters. The Bertz CT molecular complexity index is 869. The second kappa shape index (κ2) is 8.69. The van der Waals surface area contributed by atoms with E-state index in [1.807, 2.05) is 13.0 Å². The lowest BCUT2D eigenvalue weighted by atomic mass is 10.1. The van der Waals surface area contributed by atoms with Gasteiger partial charge in [-0.05, 0) is 43.7 Å². The molecule has 136 valence electrons. The monoisotopic (exact) mass is 393 g/mol. The summed E-state index contributed by atoms with van der Waals surface area (Å²) in [5.74, 6) is -1.50. The summed E-state index contributed by atoms with van der Waals surface area (Å²) in [5.41, 5.74) is 7.12. The number of carbonyl (C=O) groups excluding carboxylic acids is 3. The Morgan fingerprint density at radius 1 is 0.885 bits per heavy atom. The number of hydrogen-bond acceptors (Lipinski definition) is 3. The average Bonchev–Trinajstić information content (AvgIpc) is 2.59. The first kappa shape index (κ1) is 19.8. The van der Waals surface area contributed by atoms with Crippen molar-refractivity contribution in [2.75, 3.05) is 6.54 Å².